The number of ether oxygens (including phenoxy) is 1. The van der Waals surface area contributed by atoms with Gasteiger partial charge in [-0.05, 0) is 54.6 Å². The smallest absolute Gasteiger partial charge is 0.303 e. The minimum Gasteiger partial charge on any atom is -0.456 e. The van der Waals surface area contributed by atoms with Gasteiger partial charge in [0.2, 0.25) is 0 Å². The van der Waals surface area contributed by atoms with E-state index in [-0.39, 0.29) is 12.5 Å². The van der Waals surface area contributed by atoms with E-state index < -0.39 is 11.9 Å². The number of rotatable bonds is 8. The Kier molecular flexibility index (Phi) is 8.65. The van der Waals surface area contributed by atoms with Crippen LogP contribution in [0.1, 0.15) is 19.4 Å². The van der Waals surface area contributed by atoms with E-state index in [1.54, 1.807) is 28.8 Å². The second-order valence-electron chi connectivity index (χ2n) is 9.23. The number of aliphatic imine (C=N–C) groups is 1. The van der Waals surface area contributed by atoms with Gasteiger partial charge in [0.05, 0.1) is 28.6 Å². The summed E-state index contributed by atoms with van der Waals surface area (Å²) < 4.78 is 4.80. The van der Waals surface area contributed by atoms with E-state index in [2.05, 4.69) is 16.7 Å². The van der Waals surface area contributed by atoms with Crippen molar-refractivity contribution in [1.82, 2.24) is 4.90 Å². The van der Waals surface area contributed by atoms with Crippen molar-refractivity contribution in [2.75, 3.05) is 35.7 Å². The summed E-state index contributed by atoms with van der Waals surface area (Å²) in [5, 5.41) is 7.45. The van der Waals surface area contributed by atoms with Gasteiger partial charge in [-0.2, -0.15) is 0 Å². The largest absolute Gasteiger partial charge is 0.456 e. The molecule has 3 aromatic carbocycles. The number of carbonyl (C=O) groups excluding carboxylic acids is 3. The van der Waals surface area contributed by atoms with Crippen molar-refractivity contribution in [1.29, 1.82) is 0 Å². The molecule has 0 radical (unpaired) electrons. The summed E-state index contributed by atoms with van der Waals surface area (Å²) in [5.41, 5.74) is 3.85. The molecule has 1 fully saturated rings. The van der Waals surface area contributed by atoms with Gasteiger partial charge < -0.3 is 20.3 Å². The summed E-state index contributed by atoms with van der Waals surface area (Å²) in [6, 6.07) is 23.2. The molecule has 0 saturated carbocycles. The second kappa shape index (κ2) is 12.5. The lowest BCUT2D eigenvalue weighted by Crippen LogP contribution is -2.29. The van der Waals surface area contributed by atoms with Crippen LogP contribution in [0.2, 0.25) is 0 Å². The van der Waals surface area contributed by atoms with Crippen molar-refractivity contribution in [3.05, 3.63) is 88.3 Å². The van der Waals surface area contributed by atoms with E-state index in [1.807, 2.05) is 73.5 Å². The monoisotopic (exact) mass is 587 g/mol. The first kappa shape index (κ1) is 28.3. The number of anilines is 3. The molecule has 0 atom stereocenters. The fourth-order valence-corrected chi connectivity index (χ4v) is 6.67. The molecular weight excluding hydrogens is 558 g/mol. The van der Waals surface area contributed by atoms with Gasteiger partial charge in [-0.1, -0.05) is 54.2 Å². The van der Waals surface area contributed by atoms with Crippen molar-refractivity contribution >= 4 is 69.2 Å². The molecule has 9 nitrogen and oxygen atoms in total. The van der Waals surface area contributed by atoms with Crippen LogP contribution in [0.15, 0.2) is 92.6 Å². The lowest BCUT2D eigenvalue weighted by atomic mass is 10.2. The van der Waals surface area contributed by atoms with Crippen LogP contribution >= 0.6 is 23.5 Å². The van der Waals surface area contributed by atoms with E-state index >= 15 is 0 Å². The topological polar surface area (TPSA) is 103 Å². The quantitative estimate of drug-likeness (QED) is 0.252. The molecule has 5 rings (SSSR count). The molecule has 41 heavy (non-hydrogen) atoms. The number of hydrogen-bond acceptors (Lipinski definition) is 9. The fraction of sp³-hybridized carbons (Fsp3) is 0.200. The Balaban J connectivity index is 1.52. The third-order valence-corrected chi connectivity index (χ3v) is 8.68. The van der Waals surface area contributed by atoms with Crippen LogP contribution in [-0.4, -0.2) is 48.1 Å². The number of benzene rings is 3. The number of hydrogen-bond donors (Lipinski definition) is 2. The molecule has 3 aromatic rings. The zero-order valence-corrected chi connectivity index (χ0v) is 24.5. The number of amides is 2. The maximum Gasteiger partial charge on any atom is 0.303 e. The number of carbonyl (C=O) groups is 3. The predicted octanol–water partition coefficient (Wildman–Crippen LogP) is 5.79. The molecule has 0 bridgehead atoms. The number of esters is 1. The summed E-state index contributed by atoms with van der Waals surface area (Å²) in [6.07, 6.45) is 0. The molecule has 2 aliphatic heterocycles. The summed E-state index contributed by atoms with van der Waals surface area (Å²) in [4.78, 5) is 47.7. The number of nitrogens with one attached hydrogen (secondary N) is 2. The molecule has 2 N–H and O–H groups in total. The lowest BCUT2D eigenvalue weighted by molar-refractivity contribution is -0.144. The van der Waals surface area contributed by atoms with Crippen LogP contribution in [0.4, 0.5) is 22.7 Å². The number of amidine groups is 1. The maximum atomic E-state index is 14.0. The highest BCUT2D eigenvalue weighted by molar-refractivity contribution is 8.19. The first-order valence-electron chi connectivity index (χ1n) is 13.0. The predicted molar refractivity (Wildman–Crippen MR) is 165 cm³/mol. The van der Waals surface area contributed by atoms with Gasteiger partial charge in [0, 0.05) is 31.1 Å². The summed E-state index contributed by atoms with van der Waals surface area (Å²) in [5.74, 6) is -1.11. The Labute approximate surface area is 247 Å². The molecule has 2 amide bonds. The average Bonchev–Trinajstić information content (AvgIpc) is 3.45. The summed E-state index contributed by atoms with van der Waals surface area (Å²) in [7, 11) is 1.97. The number of thioether (sulfide) groups is 2. The highest BCUT2D eigenvalue weighted by atomic mass is 32.2. The average molecular weight is 588 g/mol. The van der Waals surface area contributed by atoms with Crippen LogP contribution in [-0.2, 0) is 25.7 Å². The third kappa shape index (κ3) is 6.41. The zero-order chi connectivity index (χ0) is 28.9. The second-order valence-corrected chi connectivity index (χ2v) is 11.2. The normalized spacial score (nSPS) is 17.1. The van der Waals surface area contributed by atoms with Gasteiger partial charge >= 0.3 is 5.97 Å². The van der Waals surface area contributed by atoms with Crippen molar-refractivity contribution < 1.29 is 19.1 Å². The van der Waals surface area contributed by atoms with Crippen molar-refractivity contribution in [2.24, 2.45) is 4.99 Å². The van der Waals surface area contributed by atoms with Crippen LogP contribution in [0.25, 0.3) is 0 Å². The third-order valence-electron chi connectivity index (χ3n) is 6.25. The van der Waals surface area contributed by atoms with Gasteiger partial charge in [0.15, 0.2) is 11.8 Å². The Morgan fingerprint density at radius 2 is 1.76 bits per heavy atom. The van der Waals surface area contributed by atoms with Crippen LogP contribution in [0.3, 0.4) is 0 Å². The molecule has 210 valence electrons. The molecule has 0 spiro atoms. The molecule has 0 aliphatic carbocycles. The van der Waals surface area contributed by atoms with E-state index in [0.717, 1.165) is 26.9 Å². The number of para-hydroxylation sites is 1. The molecular formula is C30H29N5O4S2. The number of nitrogens with zero attached hydrogens (tertiary/aromatic N) is 3. The van der Waals surface area contributed by atoms with E-state index in [0.29, 0.717) is 34.5 Å². The summed E-state index contributed by atoms with van der Waals surface area (Å²) in [6.45, 7) is 3.87. The number of fused-ring (bicyclic) bond motifs is 1. The van der Waals surface area contributed by atoms with Crippen molar-refractivity contribution in [3.63, 3.8) is 0 Å². The first-order chi connectivity index (χ1) is 19.8. The summed E-state index contributed by atoms with van der Waals surface area (Å²) >= 11 is 2.92. The van der Waals surface area contributed by atoms with Crippen LogP contribution < -0.4 is 15.5 Å². The van der Waals surface area contributed by atoms with Gasteiger partial charge in [-0.25, -0.2) is 4.99 Å². The van der Waals surface area contributed by atoms with Gasteiger partial charge in [-0.3, -0.25) is 19.3 Å². The first-order valence-corrected chi connectivity index (χ1v) is 14.7. The van der Waals surface area contributed by atoms with Gasteiger partial charge in [0.25, 0.3) is 11.8 Å². The Bertz CT molecular complexity index is 1560. The maximum absolute atomic E-state index is 14.0. The molecule has 11 heteroatoms. The van der Waals surface area contributed by atoms with E-state index in [9.17, 15) is 14.4 Å². The molecule has 0 unspecified atom stereocenters. The van der Waals surface area contributed by atoms with Crippen molar-refractivity contribution in [2.45, 2.75) is 25.3 Å². The minimum atomic E-state index is -0.532. The van der Waals surface area contributed by atoms with Gasteiger partial charge in [-0.15, -0.1) is 0 Å². The standard InChI is InChI=1S/C30H29N5O4S2/c1-4-31-22-15-14-21(32-26(37)18-39-19(2)36)16-23(22)33-30-35(17-20-10-6-5-7-11-20)28(38)27(41-30)29-34(3)24-12-8-9-13-25(24)40-29/h5-16,31H,4,17-18H2,1-3H3,(H,32,37). The minimum absolute atomic E-state index is 0.115. The Morgan fingerprint density at radius 1 is 1.00 bits per heavy atom. The fourth-order valence-electron chi connectivity index (χ4n) is 4.33. The zero-order valence-electron chi connectivity index (χ0n) is 22.8. The molecule has 0 aromatic heterocycles. The highest BCUT2D eigenvalue weighted by Crippen LogP contribution is 2.50. The van der Waals surface area contributed by atoms with Crippen LogP contribution in [0.5, 0.6) is 0 Å². The Hall–Kier alpha value is -4.22. The highest BCUT2D eigenvalue weighted by Gasteiger charge is 2.39. The Morgan fingerprint density at radius 3 is 2.49 bits per heavy atom. The molecule has 2 aliphatic rings. The van der Waals surface area contributed by atoms with E-state index in [4.69, 9.17) is 9.73 Å². The van der Waals surface area contributed by atoms with Crippen LogP contribution in [0, 0.1) is 0 Å². The van der Waals surface area contributed by atoms with E-state index in [1.165, 1.54) is 18.7 Å². The lowest BCUT2D eigenvalue weighted by Gasteiger charge is -2.17. The van der Waals surface area contributed by atoms with Crippen molar-refractivity contribution in [3.8, 4) is 0 Å². The SMILES string of the molecule is CCNc1ccc(NC(=O)COC(C)=O)cc1N=C1SC(=C2Sc3ccccc3N2C)C(=O)N1Cc1ccccc1. The van der Waals surface area contributed by atoms with Gasteiger partial charge in [0.1, 0.15) is 4.91 Å². The molecule has 2 heterocycles. The molecule has 1 saturated heterocycles.